The van der Waals surface area contributed by atoms with E-state index in [0.717, 1.165) is 11.6 Å². The van der Waals surface area contributed by atoms with E-state index in [4.69, 9.17) is 0 Å². The van der Waals surface area contributed by atoms with Crippen molar-refractivity contribution in [2.45, 2.75) is 6.92 Å². The number of nitrogens with zero attached hydrogens (tertiary/aromatic N) is 6. The van der Waals surface area contributed by atoms with E-state index in [1.54, 1.807) is 41.2 Å². The maximum absolute atomic E-state index is 14.9. The van der Waals surface area contributed by atoms with Crippen LogP contribution in [0.3, 0.4) is 0 Å². The zero-order chi connectivity index (χ0) is 23.1. The first-order valence-corrected chi connectivity index (χ1v) is 9.95. The highest BCUT2D eigenvalue weighted by atomic mass is 19.1. The first kappa shape index (κ1) is 20.4. The molecular weight excluding hydrogens is 428 g/mol. The molecule has 164 valence electrons. The topological polar surface area (TPSA) is 90.5 Å². The molecule has 3 heterocycles. The fourth-order valence-corrected chi connectivity index (χ4v) is 3.72. The number of nitrogens with one attached hydrogen (secondary N) is 1. The van der Waals surface area contributed by atoms with Gasteiger partial charge in [-0.1, -0.05) is 6.07 Å². The van der Waals surface area contributed by atoms with Crippen molar-refractivity contribution in [1.29, 1.82) is 0 Å². The lowest BCUT2D eigenvalue weighted by Crippen LogP contribution is -2.09. The van der Waals surface area contributed by atoms with Crippen LogP contribution in [0.1, 0.15) is 6.92 Å². The van der Waals surface area contributed by atoms with E-state index < -0.39 is 11.6 Å². The molecule has 8 nitrogen and oxygen atoms in total. The number of imidazole rings is 1. The van der Waals surface area contributed by atoms with Gasteiger partial charge in [0.2, 0.25) is 11.9 Å². The van der Waals surface area contributed by atoms with Gasteiger partial charge in [-0.05, 0) is 23.8 Å². The highest BCUT2D eigenvalue weighted by Crippen LogP contribution is 2.39. The van der Waals surface area contributed by atoms with Crippen molar-refractivity contribution in [2.24, 2.45) is 7.05 Å². The molecule has 3 aromatic heterocycles. The van der Waals surface area contributed by atoms with E-state index >= 15 is 0 Å². The SMILES string of the molecule is CC(=O)Nc1ncc(-n2cnc3c(-c4ccc(F)cc4F)c(-c4cnn(C)c4)ccc32)cn1. The summed E-state index contributed by atoms with van der Waals surface area (Å²) in [6.07, 6.45) is 8.17. The van der Waals surface area contributed by atoms with Gasteiger partial charge >= 0.3 is 0 Å². The van der Waals surface area contributed by atoms with Crippen LogP contribution in [0.25, 0.3) is 39.0 Å². The summed E-state index contributed by atoms with van der Waals surface area (Å²) in [6, 6.07) is 7.19. The molecule has 5 rings (SSSR count). The van der Waals surface area contributed by atoms with Gasteiger partial charge < -0.3 is 0 Å². The lowest BCUT2D eigenvalue weighted by Gasteiger charge is -2.12. The largest absolute Gasteiger partial charge is 0.296 e. The Kier molecular flexibility index (Phi) is 4.89. The molecule has 1 N–H and O–H groups in total. The molecule has 0 aliphatic carbocycles. The van der Waals surface area contributed by atoms with Crippen molar-refractivity contribution < 1.29 is 13.6 Å². The minimum atomic E-state index is -0.690. The Morgan fingerprint density at radius 2 is 1.76 bits per heavy atom. The second kappa shape index (κ2) is 7.90. The molecule has 0 saturated carbocycles. The number of carbonyl (C=O) groups excluding carboxylic acids is 1. The van der Waals surface area contributed by atoms with Gasteiger partial charge in [-0.2, -0.15) is 5.10 Å². The molecule has 0 aliphatic heterocycles. The van der Waals surface area contributed by atoms with Gasteiger partial charge in [-0.3, -0.25) is 19.4 Å². The fourth-order valence-electron chi connectivity index (χ4n) is 3.72. The Balaban J connectivity index is 1.72. The van der Waals surface area contributed by atoms with Gasteiger partial charge in [0.15, 0.2) is 0 Å². The molecule has 2 aromatic carbocycles. The van der Waals surface area contributed by atoms with Crippen molar-refractivity contribution in [1.82, 2.24) is 29.3 Å². The quantitative estimate of drug-likeness (QED) is 0.449. The third kappa shape index (κ3) is 3.71. The van der Waals surface area contributed by atoms with Crippen LogP contribution in [-0.4, -0.2) is 35.2 Å². The average molecular weight is 445 g/mol. The van der Waals surface area contributed by atoms with Gasteiger partial charge in [0.1, 0.15) is 18.0 Å². The van der Waals surface area contributed by atoms with E-state index in [0.29, 0.717) is 27.8 Å². The van der Waals surface area contributed by atoms with Crippen LogP contribution in [0, 0.1) is 11.6 Å². The standard InChI is InChI=1S/C23H17F2N7O/c1-13(33)30-23-26-9-16(10-27-23)32-12-28-22-20(32)6-5-17(14-8-29-31(2)11-14)21(22)18-4-3-15(24)7-19(18)25/h3-12H,1-2H3,(H,26,27,30,33). The molecule has 33 heavy (non-hydrogen) atoms. The number of halogens is 2. The molecule has 0 spiro atoms. The smallest absolute Gasteiger partial charge is 0.229 e. The summed E-state index contributed by atoms with van der Waals surface area (Å²) in [5, 5.41) is 6.73. The Bertz CT molecular complexity index is 1510. The number of aryl methyl sites for hydroxylation is 1. The maximum Gasteiger partial charge on any atom is 0.229 e. The first-order valence-electron chi connectivity index (χ1n) is 9.95. The molecule has 0 unspecified atom stereocenters. The molecule has 10 heteroatoms. The number of benzene rings is 2. The molecule has 0 saturated heterocycles. The number of amides is 1. The van der Waals surface area contributed by atoms with E-state index in [-0.39, 0.29) is 17.4 Å². The van der Waals surface area contributed by atoms with E-state index in [1.807, 2.05) is 18.3 Å². The lowest BCUT2D eigenvalue weighted by molar-refractivity contribution is -0.114. The average Bonchev–Trinajstić information content (AvgIpc) is 3.40. The molecule has 0 fully saturated rings. The van der Waals surface area contributed by atoms with Crippen LogP contribution in [0.2, 0.25) is 0 Å². The maximum atomic E-state index is 14.9. The fraction of sp³-hybridized carbons (Fsp3) is 0.0870. The Hall–Kier alpha value is -4.47. The Labute approximate surface area is 186 Å². The summed E-state index contributed by atoms with van der Waals surface area (Å²) in [5.41, 5.74) is 4.03. The summed E-state index contributed by atoms with van der Waals surface area (Å²) in [4.78, 5) is 24.1. The van der Waals surface area contributed by atoms with Crippen LogP contribution >= 0.6 is 0 Å². The summed E-state index contributed by atoms with van der Waals surface area (Å²) < 4.78 is 31.9. The molecule has 0 atom stereocenters. The molecule has 5 aromatic rings. The third-order valence-electron chi connectivity index (χ3n) is 5.14. The second-order valence-electron chi connectivity index (χ2n) is 7.44. The van der Waals surface area contributed by atoms with E-state index in [2.05, 4.69) is 25.4 Å². The molecule has 1 amide bonds. The predicted octanol–water partition coefficient (Wildman–Crippen LogP) is 4.12. The summed E-state index contributed by atoms with van der Waals surface area (Å²) in [6.45, 7) is 1.37. The van der Waals surface area contributed by atoms with Gasteiger partial charge in [0.25, 0.3) is 0 Å². The van der Waals surface area contributed by atoms with E-state index in [9.17, 15) is 13.6 Å². The second-order valence-corrected chi connectivity index (χ2v) is 7.44. The molecular formula is C23H17F2N7O. The van der Waals surface area contributed by atoms with Crippen molar-refractivity contribution in [3.8, 4) is 27.9 Å². The van der Waals surface area contributed by atoms with Crippen LogP contribution in [0.5, 0.6) is 0 Å². The summed E-state index contributed by atoms with van der Waals surface area (Å²) in [5.74, 6) is -1.44. The minimum absolute atomic E-state index is 0.184. The van der Waals surface area contributed by atoms with Crippen LogP contribution in [0.4, 0.5) is 14.7 Å². The normalized spacial score (nSPS) is 11.2. The van der Waals surface area contributed by atoms with Gasteiger partial charge in [0.05, 0.1) is 35.3 Å². The zero-order valence-electron chi connectivity index (χ0n) is 17.6. The third-order valence-corrected chi connectivity index (χ3v) is 5.14. The zero-order valence-corrected chi connectivity index (χ0v) is 17.6. The number of rotatable bonds is 4. The molecule has 0 bridgehead atoms. The number of fused-ring (bicyclic) bond motifs is 1. The number of hydrogen-bond donors (Lipinski definition) is 1. The summed E-state index contributed by atoms with van der Waals surface area (Å²) in [7, 11) is 1.79. The van der Waals surface area contributed by atoms with Crippen LogP contribution in [-0.2, 0) is 11.8 Å². The molecule has 0 radical (unpaired) electrons. The van der Waals surface area contributed by atoms with Crippen molar-refractivity contribution in [3.63, 3.8) is 0 Å². The van der Waals surface area contributed by atoms with Crippen LogP contribution < -0.4 is 5.32 Å². The Morgan fingerprint density at radius 3 is 2.42 bits per heavy atom. The predicted molar refractivity (Wildman–Crippen MR) is 119 cm³/mol. The Morgan fingerprint density at radius 1 is 1.00 bits per heavy atom. The van der Waals surface area contributed by atoms with Crippen LogP contribution in [0.15, 0.2) is 61.4 Å². The van der Waals surface area contributed by atoms with Gasteiger partial charge in [0, 0.05) is 42.9 Å². The minimum Gasteiger partial charge on any atom is -0.296 e. The highest BCUT2D eigenvalue weighted by molar-refractivity contribution is 6.01. The van der Waals surface area contributed by atoms with Gasteiger partial charge in [-0.25, -0.2) is 23.7 Å². The molecule has 0 aliphatic rings. The summed E-state index contributed by atoms with van der Waals surface area (Å²) >= 11 is 0. The lowest BCUT2D eigenvalue weighted by atomic mass is 9.94. The highest BCUT2D eigenvalue weighted by Gasteiger charge is 2.20. The first-order chi connectivity index (χ1) is 15.9. The number of aromatic nitrogens is 6. The number of anilines is 1. The van der Waals surface area contributed by atoms with Crippen molar-refractivity contribution in [2.75, 3.05) is 5.32 Å². The van der Waals surface area contributed by atoms with Crippen molar-refractivity contribution >= 4 is 22.9 Å². The number of carbonyl (C=O) groups is 1. The van der Waals surface area contributed by atoms with Gasteiger partial charge in [-0.15, -0.1) is 0 Å². The monoisotopic (exact) mass is 445 g/mol. The van der Waals surface area contributed by atoms with E-state index in [1.165, 1.54) is 19.1 Å². The number of hydrogen-bond acceptors (Lipinski definition) is 5. The van der Waals surface area contributed by atoms with Crippen molar-refractivity contribution in [3.05, 3.63) is 73.1 Å².